The van der Waals surface area contributed by atoms with E-state index >= 15 is 0 Å². The molecule has 3 rings (SSSR count). The Hall–Kier alpha value is -3.97. The first-order valence-corrected chi connectivity index (χ1v) is 10.3. The predicted molar refractivity (Wildman–Crippen MR) is 130 cm³/mol. The van der Waals surface area contributed by atoms with Crippen LogP contribution in [0.2, 0.25) is 5.02 Å². The topological polar surface area (TPSA) is 73.8 Å². The van der Waals surface area contributed by atoms with Gasteiger partial charge in [0.25, 0.3) is 11.8 Å². The largest absolute Gasteiger partial charge is 0.378 e. The first kappa shape index (κ1) is 23.7. The molecule has 3 aromatic rings. The van der Waals surface area contributed by atoms with E-state index in [1.165, 1.54) is 30.5 Å². The number of anilines is 1. The van der Waals surface area contributed by atoms with Gasteiger partial charge in [-0.1, -0.05) is 41.9 Å². The molecule has 0 aliphatic carbocycles. The zero-order valence-electron chi connectivity index (χ0n) is 18.0. The van der Waals surface area contributed by atoms with E-state index in [1.807, 2.05) is 43.3 Å². The minimum atomic E-state index is -0.637. The average Bonchev–Trinajstić information content (AvgIpc) is 2.80. The van der Waals surface area contributed by atoms with Gasteiger partial charge in [-0.05, 0) is 59.7 Å². The lowest BCUT2D eigenvalue weighted by Gasteiger charge is -2.12. The summed E-state index contributed by atoms with van der Waals surface area (Å²) < 4.78 is 13.5. The van der Waals surface area contributed by atoms with Crippen molar-refractivity contribution in [2.24, 2.45) is 5.10 Å². The molecule has 33 heavy (non-hydrogen) atoms. The van der Waals surface area contributed by atoms with E-state index in [2.05, 4.69) is 15.8 Å². The number of hydrazone groups is 1. The first-order valence-electron chi connectivity index (χ1n) is 9.97. The number of carbonyl (C=O) groups excluding carboxylic acids is 2. The molecule has 0 radical (unpaired) electrons. The number of carbonyl (C=O) groups is 2. The van der Waals surface area contributed by atoms with Gasteiger partial charge in [0, 0.05) is 30.4 Å². The van der Waals surface area contributed by atoms with Crippen LogP contribution in [0.3, 0.4) is 0 Å². The van der Waals surface area contributed by atoms with Gasteiger partial charge in [0.05, 0.1) is 6.21 Å². The van der Waals surface area contributed by atoms with Crippen molar-refractivity contribution < 1.29 is 14.0 Å². The van der Waals surface area contributed by atoms with Crippen molar-refractivity contribution in [1.82, 2.24) is 10.7 Å². The molecule has 2 N–H and O–H groups in total. The highest BCUT2D eigenvalue weighted by Gasteiger charge is 2.15. The molecule has 2 amide bonds. The zero-order valence-corrected chi connectivity index (χ0v) is 18.8. The third-order valence-electron chi connectivity index (χ3n) is 4.55. The summed E-state index contributed by atoms with van der Waals surface area (Å²) in [4.78, 5) is 27.3. The highest BCUT2D eigenvalue weighted by Crippen LogP contribution is 2.15. The van der Waals surface area contributed by atoms with E-state index in [4.69, 9.17) is 11.6 Å². The summed E-state index contributed by atoms with van der Waals surface area (Å²) in [5.41, 5.74) is 4.83. The summed E-state index contributed by atoms with van der Waals surface area (Å²) in [5.74, 6) is -1.81. The molecular weight excluding hydrogens is 443 g/mol. The Balaban J connectivity index is 1.82. The minimum absolute atomic E-state index is 0.0462. The Morgan fingerprint density at radius 1 is 0.970 bits per heavy atom. The molecule has 0 aliphatic heterocycles. The summed E-state index contributed by atoms with van der Waals surface area (Å²) in [6, 6.07) is 19.5. The van der Waals surface area contributed by atoms with Crippen LogP contribution < -0.4 is 15.6 Å². The van der Waals surface area contributed by atoms with Crippen LogP contribution in [0.15, 0.2) is 83.6 Å². The second-order valence-corrected chi connectivity index (χ2v) is 7.70. The summed E-state index contributed by atoms with van der Waals surface area (Å²) in [6.45, 7) is 0. The number of halogens is 2. The summed E-state index contributed by atoms with van der Waals surface area (Å²) in [7, 11) is 3.84. The van der Waals surface area contributed by atoms with Crippen molar-refractivity contribution in [2.75, 3.05) is 19.0 Å². The molecule has 0 bridgehead atoms. The minimum Gasteiger partial charge on any atom is -0.378 e. The van der Waals surface area contributed by atoms with Crippen LogP contribution in [0.25, 0.3) is 6.08 Å². The van der Waals surface area contributed by atoms with Crippen LogP contribution in [-0.2, 0) is 4.79 Å². The fourth-order valence-corrected chi connectivity index (χ4v) is 2.92. The Labute approximate surface area is 196 Å². The van der Waals surface area contributed by atoms with Crippen molar-refractivity contribution >= 4 is 41.4 Å². The van der Waals surface area contributed by atoms with E-state index in [0.717, 1.165) is 17.3 Å². The number of nitrogens with one attached hydrogen (secondary N) is 2. The van der Waals surface area contributed by atoms with Gasteiger partial charge in [-0.15, -0.1) is 0 Å². The normalized spacial score (nSPS) is 11.3. The molecule has 8 heteroatoms. The van der Waals surface area contributed by atoms with Crippen molar-refractivity contribution in [1.29, 1.82) is 0 Å². The molecule has 0 aliphatic rings. The number of amides is 2. The highest BCUT2D eigenvalue weighted by molar-refractivity contribution is 6.30. The van der Waals surface area contributed by atoms with Crippen LogP contribution in [0.5, 0.6) is 0 Å². The molecule has 0 spiro atoms. The summed E-state index contributed by atoms with van der Waals surface area (Å²) in [6.07, 6.45) is 2.97. The first-order chi connectivity index (χ1) is 15.8. The standard InChI is InChI=1S/C25H22ClFN4O2/c1-31(2)22-12-8-17(9-13-22)14-23(29-24(32)19-4-3-5-21(27)15-19)25(33)30-28-16-18-6-10-20(26)11-7-18/h3-16H,1-2H3,(H,29,32)(H,30,33)/b23-14-,28-16-. The predicted octanol–water partition coefficient (Wildman–Crippen LogP) is 4.47. The van der Waals surface area contributed by atoms with E-state index in [-0.39, 0.29) is 11.3 Å². The van der Waals surface area contributed by atoms with Gasteiger partial charge < -0.3 is 10.2 Å². The van der Waals surface area contributed by atoms with Crippen LogP contribution in [0.4, 0.5) is 10.1 Å². The Morgan fingerprint density at radius 3 is 2.27 bits per heavy atom. The fraction of sp³-hybridized carbons (Fsp3) is 0.0800. The number of nitrogens with zero attached hydrogens (tertiary/aromatic N) is 2. The number of rotatable bonds is 7. The molecular formula is C25H22ClFN4O2. The van der Waals surface area contributed by atoms with E-state index in [1.54, 1.807) is 24.3 Å². The third kappa shape index (κ3) is 7.02. The molecule has 3 aromatic carbocycles. The second-order valence-electron chi connectivity index (χ2n) is 7.26. The molecule has 0 heterocycles. The number of hydrogen-bond acceptors (Lipinski definition) is 4. The van der Waals surface area contributed by atoms with Crippen LogP contribution in [0.1, 0.15) is 21.5 Å². The Morgan fingerprint density at radius 2 is 1.64 bits per heavy atom. The van der Waals surface area contributed by atoms with E-state index in [0.29, 0.717) is 10.6 Å². The Bertz CT molecular complexity index is 1190. The number of benzene rings is 3. The second kappa shape index (κ2) is 11.1. The van der Waals surface area contributed by atoms with Crippen molar-refractivity contribution in [3.63, 3.8) is 0 Å². The van der Waals surface area contributed by atoms with Crippen LogP contribution in [0, 0.1) is 5.82 Å². The SMILES string of the molecule is CN(C)c1ccc(/C=C(\NC(=O)c2cccc(F)c2)C(=O)N/N=C\c2ccc(Cl)cc2)cc1. The van der Waals surface area contributed by atoms with Crippen LogP contribution in [-0.4, -0.2) is 32.1 Å². The number of hydrogen-bond donors (Lipinski definition) is 2. The average molecular weight is 465 g/mol. The molecule has 168 valence electrons. The fourth-order valence-electron chi connectivity index (χ4n) is 2.79. The third-order valence-corrected chi connectivity index (χ3v) is 4.80. The molecule has 0 unspecified atom stereocenters. The lowest BCUT2D eigenvalue weighted by molar-refractivity contribution is -0.117. The molecule has 0 atom stereocenters. The van der Waals surface area contributed by atoms with Gasteiger partial charge in [0.15, 0.2) is 0 Å². The smallest absolute Gasteiger partial charge is 0.287 e. The monoisotopic (exact) mass is 464 g/mol. The maximum Gasteiger partial charge on any atom is 0.287 e. The molecule has 0 fully saturated rings. The van der Waals surface area contributed by atoms with Crippen LogP contribution >= 0.6 is 11.6 Å². The van der Waals surface area contributed by atoms with E-state index < -0.39 is 17.6 Å². The van der Waals surface area contributed by atoms with E-state index in [9.17, 15) is 14.0 Å². The highest BCUT2D eigenvalue weighted by atomic mass is 35.5. The van der Waals surface area contributed by atoms with Gasteiger partial charge in [0.2, 0.25) is 0 Å². The maximum absolute atomic E-state index is 13.5. The van der Waals surface area contributed by atoms with Gasteiger partial charge in [-0.3, -0.25) is 9.59 Å². The molecule has 0 saturated heterocycles. The zero-order chi connectivity index (χ0) is 23.8. The van der Waals surface area contributed by atoms with Crippen molar-refractivity contribution in [3.8, 4) is 0 Å². The van der Waals surface area contributed by atoms with Gasteiger partial charge in [-0.25, -0.2) is 9.82 Å². The molecule has 6 nitrogen and oxygen atoms in total. The lowest BCUT2D eigenvalue weighted by Crippen LogP contribution is -2.32. The quantitative estimate of drug-likeness (QED) is 0.308. The van der Waals surface area contributed by atoms with Gasteiger partial charge in [0.1, 0.15) is 11.5 Å². The van der Waals surface area contributed by atoms with Gasteiger partial charge >= 0.3 is 0 Å². The van der Waals surface area contributed by atoms with Crippen molar-refractivity contribution in [3.05, 3.63) is 106 Å². The van der Waals surface area contributed by atoms with Gasteiger partial charge in [-0.2, -0.15) is 5.10 Å². The Kier molecular flexibility index (Phi) is 7.94. The maximum atomic E-state index is 13.5. The molecule has 0 aromatic heterocycles. The molecule has 0 saturated carbocycles. The van der Waals surface area contributed by atoms with Crippen molar-refractivity contribution in [2.45, 2.75) is 0 Å². The lowest BCUT2D eigenvalue weighted by atomic mass is 10.1. The summed E-state index contributed by atoms with van der Waals surface area (Å²) in [5, 5.41) is 7.07. The summed E-state index contributed by atoms with van der Waals surface area (Å²) >= 11 is 5.86.